The Hall–Kier alpha value is -2.62. The third-order valence-corrected chi connectivity index (χ3v) is 7.30. The molecule has 1 saturated heterocycles. The summed E-state index contributed by atoms with van der Waals surface area (Å²) in [6.45, 7) is 5.44. The molecule has 1 fully saturated rings. The summed E-state index contributed by atoms with van der Waals surface area (Å²) in [5, 5.41) is 0. The van der Waals surface area contributed by atoms with Gasteiger partial charge in [0.05, 0.1) is 13.7 Å². The van der Waals surface area contributed by atoms with E-state index < -0.39 is 0 Å². The molecule has 3 heteroatoms. The van der Waals surface area contributed by atoms with Gasteiger partial charge in [0, 0.05) is 5.54 Å². The van der Waals surface area contributed by atoms with Crippen LogP contribution in [0.5, 0.6) is 5.75 Å². The van der Waals surface area contributed by atoms with Gasteiger partial charge in [-0.05, 0) is 85.6 Å². The first-order chi connectivity index (χ1) is 15.7. The van der Waals surface area contributed by atoms with Gasteiger partial charge in [0.1, 0.15) is 11.9 Å². The smallest absolute Gasteiger partial charge is 0.118 e. The molecule has 1 heterocycles. The van der Waals surface area contributed by atoms with E-state index in [0.29, 0.717) is 0 Å². The van der Waals surface area contributed by atoms with Gasteiger partial charge in [-0.15, -0.1) is 0 Å². The summed E-state index contributed by atoms with van der Waals surface area (Å²) in [7, 11) is 1.72. The van der Waals surface area contributed by atoms with Gasteiger partial charge < -0.3 is 9.47 Å². The van der Waals surface area contributed by atoms with E-state index in [0.717, 1.165) is 31.7 Å². The van der Waals surface area contributed by atoms with Crippen LogP contribution in [0, 0.1) is 0 Å². The minimum atomic E-state index is 0.0426. The van der Waals surface area contributed by atoms with Crippen LogP contribution < -0.4 is 4.74 Å². The highest BCUT2D eigenvalue weighted by molar-refractivity contribution is 5.78. The molecule has 1 atom stereocenters. The maximum absolute atomic E-state index is 6.71. The Bertz CT molecular complexity index is 1020. The zero-order valence-electron chi connectivity index (χ0n) is 19.2. The maximum Gasteiger partial charge on any atom is 0.118 e. The van der Waals surface area contributed by atoms with Gasteiger partial charge in [-0.25, -0.2) is 0 Å². The van der Waals surface area contributed by atoms with Crippen molar-refractivity contribution in [3.63, 3.8) is 0 Å². The molecule has 3 aromatic carbocycles. The third kappa shape index (κ3) is 4.07. The lowest BCUT2D eigenvalue weighted by Crippen LogP contribution is -2.45. The van der Waals surface area contributed by atoms with Crippen LogP contribution in [-0.2, 0) is 11.2 Å². The first-order valence-electron chi connectivity index (χ1n) is 11.9. The molecular weight excluding hydrogens is 394 g/mol. The van der Waals surface area contributed by atoms with E-state index in [-0.39, 0.29) is 11.6 Å². The number of hydrogen-bond donors (Lipinski definition) is 0. The highest BCUT2D eigenvalue weighted by Gasteiger charge is 2.38. The number of hydrogen-bond acceptors (Lipinski definition) is 3. The summed E-state index contributed by atoms with van der Waals surface area (Å²) in [4.78, 5) is 2.66. The molecule has 2 aliphatic rings. The molecule has 5 rings (SSSR count). The van der Waals surface area contributed by atoms with E-state index in [1.807, 2.05) is 0 Å². The van der Waals surface area contributed by atoms with E-state index in [1.165, 1.54) is 47.2 Å². The average molecular weight is 428 g/mol. The van der Waals surface area contributed by atoms with Gasteiger partial charge in [0.15, 0.2) is 0 Å². The number of likely N-dealkylation sites (tertiary alicyclic amines) is 1. The van der Waals surface area contributed by atoms with Crippen LogP contribution in [-0.4, -0.2) is 37.2 Å². The van der Waals surface area contributed by atoms with Gasteiger partial charge in [0.2, 0.25) is 0 Å². The quantitative estimate of drug-likeness (QED) is 0.423. The minimum Gasteiger partial charge on any atom is -0.497 e. The Balaban J connectivity index is 1.23. The van der Waals surface area contributed by atoms with Gasteiger partial charge in [-0.1, -0.05) is 60.7 Å². The number of ether oxygens (including phenoxy) is 2. The summed E-state index contributed by atoms with van der Waals surface area (Å²) in [6.07, 6.45) is 4.75. The van der Waals surface area contributed by atoms with Crippen LogP contribution >= 0.6 is 0 Å². The summed E-state index contributed by atoms with van der Waals surface area (Å²) < 4.78 is 12.0. The van der Waals surface area contributed by atoms with Crippen LogP contribution in [0.2, 0.25) is 0 Å². The molecule has 0 bridgehead atoms. The highest BCUT2D eigenvalue weighted by Crippen LogP contribution is 2.45. The van der Waals surface area contributed by atoms with Crippen molar-refractivity contribution in [2.75, 3.05) is 26.8 Å². The number of aryl methyl sites for hydroxylation is 1. The zero-order chi connectivity index (χ0) is 22.0. The van der Waals surface area contributed by atoms with E-state index in [1.54, 1.807) is 7.11 Å². The van der Waals surface area contributed by atoms with Crippen molar-refractivity contribution in [1.29, 1.82) is 0 Å². The Kier molecular flexibility index (Phi) is 6.03. The average Bonchev–Trinajstić information content (AvgIpc) is 3.36. The summed E-state index contributed by atoms with van der Waals surface area (Å²) in [5.41, 5.74) is 6.73. The maximum atomic E-state index is 6.71. The Morgan fingerprint density at radius 3 is 2.22 bits per heavy atom. The highest BCUT2D eigenvalue weighted by atomic mass is 16.5. The molecule has 3 aromatic rings. The molecule has 0 amide bonds. The molecule has 1 aliphatic heterocycles. The van der Waals surface area contributed by atoms with Crippen molar-refractivity contribution < 1.29 is 9.47 Å². The largest absolute Gasteiger partial charge is 0.497 e. The second kappa shape index (κ2) is 9.09. The molecule has 1 aliphatic carbocycles. The number of methoxy groups -OCH3 is 1. The number of rotatable bonds is 8. The number of nitrogens with zero attached hydrogens (tertiary/aromatic N) is 1. The molecule has 0 spiro atoms. The lowest BCUT2D eigenvalue weighted by atomic mass is 9.99. The summed E-state index contributed by atoms with van der Waals surface area (Å²) >= 11 is 0. The molecule has 0 radical (unpaired) electrons. The summed E-state index contributed by atoms with van der Waals surface area (Å²) in [5.74, 6) is 0.924. The fourth-order valence-electron chi connectivity index (χ4n) is 5.44. The minimum absolute atomic E-state index is 0.0426. The van der Waals surface area contributed by atoms with Crippen LogP contribution in [0.4, 0.5) is 0 Å². The van der Waals surface area contributed by atoms with E-state index in [2.05, 4.69) is 84.6 Å². The van der Waals surface area contributed by atoms with Crippen molar-refractivity contribution in [3.05, 3.63) is 89.5 Å². The fraction of sp³-hybridized carbons (Fsp3) is 0.379. The monoisotopic (exact) mass is 427 g/mol. The van der Waals surface area contributed by atoms with Gasteiger partial charge >= 0.3 is 0 Å². The molecule has 3 nitrogen and oxygen atoms in total. The van der Waals surface area contributed by atoms with Gasteiger partial charge in [-0.2, -0.15) is 0 Å². The fourth-order valence-corrected chi connectivity index (χ4v) is 5.44. The van der Waals surface area contributed by atoms with Crippen molar-refractivity contribution >= 4 is 0 Å². The van der Waals surface area contributed by atoms with Crippen molar-refractivity contribution in [3.8, 4) is 16.9 Å². The number of benzene rings is 3. The van der Waals surface area contributed by atoms with Crippen molar-refractivity contribution in [2.24, 2.45) is 0 Å². The van der Waals surface area contributed by atoms with E-state index in [4.69, 9.17) is 9.47 Å². The van der Waals surface area contributed by atoms with Crippen LogP contribution in [0.3, 0.4) is 0 Å². The number of fused-ring (bicyclic) bond motifs is 3. The third-order valence-electron chi connectivity index (χ3n) is 7.30. The van der Waals surface area contributed by atoms with Gasteiger partial charge in [0.25, 0.3) is 0 Å². The molecule has 0 unspecified atom stereocenters. The molecule has 32 heavy (non-hydrogen) atoms. The lowest BCUT2D eigenvalue weighted by molar-refractivity contribution is -0.00349. The SMILES string of the molecule is COc1ccc(CCCN2CCC[C@@]2(C)COC2c3ccccc3-c3ccccc32)cc1. The predicted molar refractivity (Wildman–Crippen MR) is 130 cm³/mol. The van der Waals surface area contributed by atoms with Crippen molar-refractivity contribution in [2.45, 2.75) is 44.2 Å². The van der Waals surface area contributed by atoms with Crippen LogP contribution in [0.1, 0.15) is 49.0 Å². The predicted octanol–water partition coefficient (Wildman–Crippen LogP) is 6.27. The molecule has 0 N–H and O–H groups in total. The van der Waals surface area contributed by atoms with Crippen LogP contribution in [0.25, 0.3) is 11.1 Å². The van der Waals surface area contributed by atoms with Crippen molar-refractivity contribution in [1.82, 2.24) is 4.90 Å². The first kappa shape index (κ1) is 21.2. The standard InChI is InChI=1S/C29H33NO2/c1-29(18-8-20-30(29)19-7-9-22-14-16-23(31-2)17-15-22)21-32-28-26-12-5-3-10-24(26)25-11-4-6-13-27(25)28/h3-6,10-17,28H,7-9,18-21H2,1-2H3/t29-/m0/s1. The molecule has 0 aromatic heterocycles. The molecular formula is C29H33NO2. The Labute approximate surface area is 192 Å². The second-order valence-corrected chi connectivity index (χ2v) is 9.40. The topological polar surface area (TPSA) is 21.7 Å². The Morgan fingerprint density at radius 2 is 1.56 bits per heavy atom. The molecule has 166 valence electrons. The normalized spacial score (nSPS) is 20.3. The molecule has 0 saturated carbocycles. The van der Waals surface area contributed by atoms with E-state index >= 15 is 0 Å². The summed E-state index contributed by atoms with van der Waals surface area (Å²) in [6, 6.07) is 25.9. The zero-order valence-corrected chi connectivity index (χ0v) is 19.2. The first-order valence-corrected chi connectivity index (χ1v) is 11.9. The Morgan fingerprint density at radius 1 is 0.906 bits per heavy atom. The van der Waals surface area contributed by atoms with E-state index in [9.17, 15) is 0 Å². The van der Waals surface area contributed by atoms with Crippen LogP contribution in [0.15, 0.2) is 72.8 Å². The van der Waals surface area contributed by atoms with Gasteiger partial charge in [-0.3, -0.25) is 4.90 Å². The lowest BCUT2D eigenvalue weighted by Gasteiger charge is -2.36. The second-order valence-electron chi connectivity index (χ2n) is 9.40.